The zero-order chi connectivity index (χ0) is 13.7. The molecule has 1 heterocycles. The van der Waals surface area contributed by atoms with Crippen molar-refractivity contribution < 1.29 is 0 Å². The summed E-state index contributed by atoms with van der Waals surface area (Å²) < 4.78 is 0. The molecule has 114 valence electrons. The van der Waals surface area contributed by atoms with E-state index in [9.17, 15) is 0 Å². The van der Waals surface area contributed by atoms with E-state index in [4.69, 9.17) is 5.73 Å². The third-order valence-corrected chi connectivity index (χ3v) is 7.27. The quantitative estimate of drug-likeness (QED) is 0.854. The molecule has 5 aliphatic rings. The summed E-state index contributed by atoms with van der Waals surface area (Å²) in [5.74, 6) is 4.05. The van der Waals surface area contributed by atoms with Gasteiger partial charge in [-0.1, -0.05) is 13.3 Å². The van der Waals surface area contributed by atoms with Gasteiger partial charge in [0.2, 0.25) is 0 Å². The summed E-state index contributed by atoms with van der Waals surface area (Å²) in [7, 11) is 0. The summed E-state index contributed by atoms with van der Waals surface area (Å²) in [6, 6.07) is 0.450. The van der Waals surface area contributed by atoms with Gasteiger partial charge in [-0.3, -0.25) is 0 Å². The first-order chi connectivity index (χ1) is 9.67. The zero-order valence-corrected chi connectivity index (χ0v) is 13.2. The van der Waals surface area contributed by atoms with Crippen LogP contribution in [0.25, 0.3) is 0 Å². The standard InChI is InChI=1S/C18H32N2/c1-2-13-3-4-20(11-13)12-17(19)18-8-14-5-15(9-18)7-16(6-14)10-18/h13-17H,2-12,19H2,1H3. The molecule has 1 saturated heterocycles. The lowest BCUT2D eigenvalue weighted by Gasteiger charge is -2.59. The molecule has 2 nitrogen and oxygen atoms in total. The van der Waals surface area contributed by atoms with Gasteiger partial charge in [0.15, 0.2) is 0 Å². The predicted octanol–water partition coefficient (Wildman–Crippen LogP) is 3.26. The second-order valence-corrected chi connectivity index (χ2v) is 8.71. The van der Waals surface area contributed by atoms with Gasteiger partial charge in [0.1, 0.15) is 0 Å². The maximum atomic E-state index is 6.80. The molecule has 4 saturated carbocycles. The van der Waals surface area contributed by atoms with Crippen LogP contribution in [0, 0.1) is 29.1 Å². The van der Waals surface area contributed by atoms with E-state index in [0.29, 0.717) is 11.5 Å². The third kappa shape index (κ3) is 2.23. The van der Waals surface area contributed by atoms with Crippen molar-refractivity contribution >= 4 is 0 Å². The number of hydrogen-bond donors (Lipinski definition) is 1. The summed E-state index contributed by atoms with van der Waals surface area (Å²) in [4.78, 5) is 2.68. The van der Waals surface area contributed by atoms with Crippen LogP contribution in [0.3, 0.4) is 0 Å². The van der Waals surface area contributed by atoms with Crippen LogP contribution in [0.5, 0.6) is 0 Å². The number of nitrogens with two attached hydrogens (primary N) is 1. The van der Waals surface area contributed by atoms with Crippen LogP contribution >= 0.6 is 0 Å². The van der Waals surface area contributed by atoms with Gasteiger partial charge in [-0.05, 0) is 80.6 Å². The van der Waals surface area contributed by atoms with Crippen molar-refractivity contribution in [2.75, 3.05) is 19.6 Å². The molecule has 1 aliphatic heterocycles. The van der Waals surface area contributed by atoms with Crippen LogP contribution in [0.2, 0.25) is 0 Å². The summed E-state index contributed by atoms with van der Waals surface area (Å²) in [5, 5.41) is 0. The van der Waals surface area contributed by atoms with Crippen molar-refractivity contribution in [3.05, 3.63) is 0 Å². The molecule has 0 aromatic rings. The van der Waals surface area contributed by atoms with E-state index in [0.717, 1.165) is 23.7 Å². The molecular formula is C18H32N2. The van der Waals surface area contributed by atoms with E-state index in [1.54, 1.807) is 0 Å². The monoisotopic (exact) mass is 276 g/mol. The second kappa shape index (κ2) is 4.98. The fraction of sp³-hybridized carbons (Fsp3) is 1.00. The van der Waals surface area contributed by atoms with Crippen LogP contribution in [0.1, 0.15) is 58.3 Å². The fourth-order valence-corrected chi connectivity index (χ4v) is 6.52. The van der Waals surface area contributed by atoms with E-state index in [-0.39, 0.29) is 0 Å². The van der Waals surface area contributed by atoms with Crippen LogP contribution in [-0.2, 0) is 0 Å². The van der Waals surface area contributed by atoms with Crippen molar-refractivity contribution in [1.29, 1.82) is 0 Å². The van der Waals surface area contributed by atoms with E-state index >= 15 is 0 Å². The van der Waals surface area contributed by atoms with Gasteiger partial charge in [0, 0.05) is 19.1 Å². The minimum Gasteiger partial charge on any atom is -0.326 e. The van der Waals surface area contributed by atoms with Gasteiger partial charge in [-0.15, -0.1) is 0 Å². The van der Waals surface area contributed by atoms with Crippen molar-refractivity contribution in [2.45, 2.75) is 64.3 Å². The Bertz CT molecular complexity index is 329. The van der Waals surface area contributed by atoms with Crippen LogP contribution in [0.15, 0.2) is 0 Å². The Balaban J connectivity index is 1.42. The molecule has 0 spiro atoms. The van der Waals surface area contributed by atoms with Crippen molar-refractivity contribution in [1.82, 2.24) is 4.90 Å². The SMILES string of the molecule is CCC1CCN(CC(N)C23CC4CC(CC(C4)C2)C3)C1. The van der Waals surface area contributed by atoms with Gasteiger partial charge in [-0.25, -0.2) is 0 Å². The van der Waals surface area contributed by atoms with E-state index in [2.05, 4.69) is 11.8 Å². The zero-order valence-electron chi connectivity index (χ0n) is 13.2. The second-order valence-electron chi connectivity index (χ2n) is 8.71. The molecular weight excluding hydrogens is 244 g/mol. The summed E-state index contributed by atoms with van der Waals surface area (Å²) in [6.45, 7) is 6.14. The Morgan fingerprint density at radius 2 is 1.70 bits per heavy atom. The van der Waals surface area contributed by atoms with E-state index in [1.807, 2.05) is 0 Å². The highest BCUT2D eigenvalue weighted by Gasteiger charge is 2.53. The molecule has 0 aromatic heterocycles. The van der Waals surface area contributed by atoms with E-state index < -0.39 is 0 Å². The molecule has 0 radical (unpaired) electrons. The first-order valence-electron chi connectivity index (χ1n) is 9.15. The summed E-state index contributed by atoms with van der Waals surface area (Å²) >= 11 is 0. The molecule has 20 heavy (non-hydrogen) atoms. The van der Waals surface area contributed by atoms with Crippen LogP contribution in [0.4, 0.5) is 0 Å². The molecule has 2 N–H and O–H groups in total. The van der Waals surface area contributed by atoms with Crippen LogP contribution < -0.4 is 5.73 Å². The topological polar surface area (TPSA) is 29.3 Å². The Kier molecular flexibility index (Phi) is 3.38. The fourth-order valence-electron chi connectivity index (χ4n) is 6.52. The molecule has 0 aromatic carbocycles. The molecule has 5 rings (SSSR count). The lowest BCUT2D eigenvalue weighted by molar-refractivity contribution is -0.0708. The third-order valence-electron chi connectivity index (χ3n) is 7.27. The highest BCUT2D eigenvalue weighted by molar-refractivity contribution is 5.06. The number of nitrogens with zero attached hydrogens (tertiary/aromatic N) is 1. The Hall–Kier alpha value is -0.0800. The van der Waals surface area contributed by atoms with Gasteiger partial charge in [-0.2, -0.15) is 0 Å². The van der Waals surface area contributed by atoms with Crippen molar-refractivity contribution in [2.24, 2.45) is 34.8 Å². The maximum absolute atomic E-state index is 6.80. The molecule has 2 unspecified atom stereocenters. The summed E-state index contributed by atoms with van der Waals surface area (Å²) in [5.41, 5.74) is 7.34. The van der Waals surface area contributed by atoms with Gasteiger partial charge < -0.3 is 10.6 Å². The Morgan fingerprint density at radius 1 is 1.10 bits per heavy atom. The first kappa shape index (κ1) is 13.6. The average molecular weight is 276 g/mol. The molecule has 4 bridgehead atoms. The largest absolute Gasteiger partial charge is 0.326 e. The average Bonchev–Trinajstić information content (AvgIpc) is 2.85. The highest BCUT2D eigenvalue weighted by atomic mass is 15.2. The van der Waals surface area contributed by atoms with Gasteiger partial charge >= 0.3 is 0 Å². The van der Waals surface area contributed by atoms with Gasteiger partial charge in [0.25, 0.3) is 0 Å². The predicted molar refractivity (Wildman–Crippen MR) is 83.4 cm³/mol. The number of likely N-dealkylation sites (tertiary alicyclic amines) is 1. The minimum absolute atomic E-state index is 0.450. The van der Waals surface area contributed by atoms with Crippen LogP contribution in [-0.4, -0.2) is 30.6 Å². The van der Waals surface area contributed by atoms with Gasteiger partial charge in [0.05, 0.1) is 0 Å². The minimum atomic E-state index is 0.450. The molecule has 5 fully saturated rings. The molecule has 2 heteroatoms. The van der Waals surface area contributed by atoms with Crippen molar-refractivity contribution in [3.63, 3.8) is 0 Å². The maximum Gasteiger partial charge on any atom is 0.0225 e. The highest BCUT2D eigenvalue weighted by Crippen LogP contribution is 2.61. The number of rotatable bonds is 4. The van der Waals surface area contributed by atoms with Crippen molar-refractivity contribution in [3.8, 4) is 0 Å². The number of hydrogen-bond acceptors (Lipinski definition) is 2. The Morgan fingerprint density at radius 3 is 2.20 bits per heavy atom. The molecule has 2 atom stereocenters. The first-order valence-corrected chi connectivity index (χ1v) is 9.15. The normalized spacial score (nSPS) is 48.9. The summed E-state index contributed by atoms with van der Waals surface area (Å²) in [6.07, 6.45) is 11.8. The molecule has 4 aliphatic carbocycles. The lowest BCUT2D eigenvalue weighted by Crippen LogP contribution is -2.57. The Labute approximate surface area is 124 Å². The van der Waals surface area contributed by atoms with E-state index in [1.165, 1.54) is 71.0 Å². The smallest absolute Gasteiger partial charge is 0.0225 e. The lowest BCUT2D eigenvalue weighted by atomic mass is 9.48. The molecule has 0 amide bonds.